The van der Waals surface area contributed by atoms with Crippen molar-refractivity contribution in [1.82, 2.24) is 0 Å². The lowest BCUT2D eigenvalue weighted by Crippen LogP contribution is -2.12. The highest BCUT2D eigenvalue weighted by Gasteiger charge is 2.08. The Morgan fingerprint density at radius 1 is 1.00 bits per heavy atom. The fourth-order valence-corrected chi connectivity index (χ4v) is 2.14. The van der Waals surface area contributed by atoms with Crippen LogP contribution in [0.1, 0.15) is 37.0 Å². The van der Waals surface area contributed by atoms with Crippen LogP contribution in [0.2, 0.25) is 0 Å². The van der Waals surface area contributed by atoms with E-state index in [2.05, 4.69) is 17.6 Å². The minimum absolute atomic E-state index is 0.157. The second-order valence-electron chi connectivity index (χ2n) is 5.45. The molecule has 0 aliphatic carbocycles. The molecule has 2 amide bonds. The average molecular weight is 326 g/mol. The number of anilines is 2. The molecule has 0 spiro atoms. The molecule has 2 N–H and O–H groups in total. The van der Waals surface area contributed by atoms with Gasteiger partial charge < -0.3 is 15.4 Å². The Morgan fingerprint density at radius 3 is 2.42 bits per heavy atom. The molecule has 0 atom stereocenters. The van der Waals surface area contributed by atoms with Crippen molar-refractivity contribution in [2.75, 3.05) is 17.2 Å². The number of hydrogen-bond acceptors (Lipinski definition) is 3. The number of ether oxygens (including phenoxy) is 1. The zero-order valence-corrected chi connectivity index (χ0v) is 14.0. The monoisotopic (exact) mass is 326 g/mol. The molecule has 5 nitrogen and oxygen atoms in total. The van der Waals surface area contributed by atoms with Gasteiger partial charge in [0.25, 0.3) is 5.91 Å². The lowest BCUT2D eigenvalue weighted by atomic mass is 10.2. The van der Waals surface area contributed by atoms with Crippen LogP contribution in [-0.2, 0) is 4.79 Å². The molecule has 0 aromatic heterocycles. The van der Waals surface area contributed by atoms with Crippen molar-refractivity contribution < 1.29 is 14.3 Å². The van der Waals surface area contributed by atoms with Crippen LogP contribution in [-0.4, -0.2) is 18.4 Å². The summed E-state index contributed by atoms with van der Waals surface area (Å²) < 4.78 is 5.62. The van der Waals surface area contributed by atoms with Crippen LogP contribution in [0.5, 0.6) is 5.75 Å². The van der Waals surface area contributed by atoms with Crippen molar-refractivity contribution in [3.05, 3.63) is 54.1 Å². The maximum absolute atomic E-state index is 12.4. The highest BCUT2D eigenvalue weighted by Crippen LogP contribution is 2.18. The van der Waals surface area contributed by atoms with Gasteiger partial charge in [-0.15, -0.1) is 0 Å². The first-order valence-electron chi connectivity index (χ1n) is 8.00. The average Bonchev–Trinajstić information content (AvgIpc) is 2.55. The number of carbonyl (C=O) groups excluding carboxylic acids is 2. The van der Waals surface area contributed by atoms with Crippen LogP contribution in [0.3, 0.4) is 0 Å². The molecular weight excluding hydrogens is 304 g/mol. The Hall–Kier alpha value is -2.82. The van der Waals surface area contributed by atoms with E-state index in [0.717, 1.165) is 12.8 Å². The van der Waals surface area contributed by atoms with Gasteiger partial charge in [0.15, 0.2) is 0 Å². The van der Waals surface area contributed by atoms with Gasteiger partial charge in [0.2, 0.25) is 5.91 Å². The van der Waals surface area contributed by atoms with Crippen molar-refractivity contribution in [1.29, 1.82) is 0 Å². The number of nitrogens with one attached hydrogen (secondary N) is 2. The summed E-state index contributed by atoms with van der Waals surface area (Å²) >= 11 is 0. The Labute approximate surface area is 142 Å². The fourth-order valence-electron chi connectivity index (χ4n) is 2.14. The van der Waals surface area contributed by atoms with E-state index in [1.807, 2.05) is 6.07 Å². The summed E-state index contributed by atoms with van der Waals surface area (Å²) in [5.74, 6) is 0.300. The topological polar surface area (TPSA) is 67.4 Å². The third-order valence-corrected chi connectivity index (χ3v) is 3.30. The molecule has 24 heavy (non-hydrogen) atoms. The molecule has 0 unspecified atom stereocenters. The molecule has 0 radical (unpaired) electrons. The number of amides is 2. The predicted molar refractivity (Wildman–Crippen MR) is 95.5 cm³/mol. The first kappa shape index (κ1) is 17.5. The molecule has 5 heteroatoms. The second kappa shape index (κ2) is 8.72. The van der Waals surface area contributed by atoms with Gasteiger partial charge in [-0.2, -0.15) is 0 Å². The number of carbonyl (C=O) groups is 2. The standard InChI is InChI=1S/C19H22N2O3/c1-3-4-11-24-18-10-5-7-15(12-18)19(23)21-17-9-6-8-16(13-17)20-14(2)22/h5-10,12-13H,3-4,11H2,1-2H3,(H,20,22)(H,21,23). The maximum atomic E-state index is 12.4. The van der Waals surface area contributed by atoms with Gasteiger partial charge in [0, 0.05) is 23.9 Å². The molecule has 0 fully saturated rings. The Balaban J connectivity index is 2.04. The third-order valence-electron chi connectivity index (χ3n) is 3.30. The van der Waals surface area contributed by atoms with Gasteiger partial charge in [-0.25, -0.2) is 0 Å². The Bertz CT molecular complexity index is 713. The van der Waals surface area contributed by atoms with Crippen LogP contribution >= 0.6 is 0 Å². The van der Waals surface area contributed by atoms with E-state index in [-0.39, 0.29) is 11.8 Å². The molecule has 126 valence electrons. The summed E-state index contributed by atoms with van der Waals surface area (Å²) in [6.45, 7) is 4.18. The smallest absolute Gasteiger partial charge is 0.255 e. The summed E-state index contributed by atoms with van der Waals surface area (Å²) in [6, 6.07) is 14.1. The molecular formula is C19H22N2O3. The van der Waals surface area contributed by atoms with Crippen molar-refractivity contribution in [3.8, 4) is 5.75 Å². The minimum Gasteiger partial charge on any atom is -0.494 e. The number of benzene rings is 2. The SMILES string of the molecule is CCCCOc1cccc(C(=O)Nc2cccc(NC(C)=O)c2)c1. The number of hydrogen-bond donors (Lipinski definition) is 2. The van der Waals surface area contributed by atoms with E-state index in [1.165, 1.54) is 6.92 Å². The molecule has 0 aliphatic rings. The fraction of sp³-hybridized carbons (Fsp3) is 0.263. The lowest BCUT2D eigenvalue weighted by molar-refractivity contribution is -0.114. The lowest BCUT2D eigenvalue weighted by Gasteiger charge is -2.09. The van der Waals surface area contributed by atoms with Gasteiger partial charge in [-0.1, -0.05) is 25.5 Å². The van der Waals surface area contributed by atoms with E-state index in [1.54, 1.807) is 42.5 Å². The maximum Gasteiger partial charge on any atom is 0.255 e. The zero-order chi connectivity index (χ0) is 17.4. The predicted octanol–water partition coefficient (Wildman–Crippen LogP) is 4.08. The van der Waals surface area contributed by atoms with Crippen molar-refractivity contribution in [2.24, 2.45) is 0 Å². The molecule has 2 aromatic carbocycles. The van der Waals surface area contributed by atoms with Crippen LogP contribution in [0.25, 0.3) is 0 Å². The highest BCUT2D eigenvalue weighted by atomic mass is 16.5. The molecule has 0 aliphatic heterocycles. The van der Waals surface area contributed by atoms with Gasteiger partial charge in [0.1, 0.15) is 5.75 Å². The van der Waals surface area contributed by atoms with Gasteiger partial charge in [-0.05, 0) is 42.8 Å². The minimum atomic E-state index is -0.226. The summed E-state index contributed by atoms with van der Waals surface area (Å²) in [4.78, 5) is 23.5. The molecule has 2 aromatic rings. The zero-order valence-electron chi connectivity index (χ0n) is 14.0. The molecule has 0 heterocycles. The number of unbranched alkanes of at least 4 members (excludes halogenated alkanes) is 1. The molecule has 0 bridgehead atoms. The Morgan fingerprint density at radius 2 is 1.71 bits per heavy atom. The summed E-state index contributed by atoms with van der Waals surface area (Å²) in [7, 11) is 0. The van der Waals surface area contributed by atoms with E-state index < -0.39 is 0 Å². The van der Waals surface area contributed by atoms with Crippen molar-refractivity contribution in [2.45, 2.75) is 26.7 Å². The summed E-state index contributed by atoms with van der Waals surface area (Å²) in [5.41, 5.74) is 1.77. The third kappa shape index (κ3) is 5.43. The van der Waals surface area contributed by atoms with Gasteiger partial charge >= 0.3 is 0 Å². The summed E-state index contributed by atoms with van der Waals surface area (Å²) in [6.07, 6.45) is 2.04. The normalized spacial score (nSPS) is 10.1. The number of rotatable bonds is 7. The second-order valence-corrected chi connectivity index (χ2v) is 5.45. The van der Waals surface area contributed by atoms with Crippen molar-refractivity contribution in [3.63, 3.8) is 0 Å². The van der Waals surface area contributed by atoms with Gasteiger partial charge in [-0.3, -0.25) is 9.59 Å². The van der Waals surface area contributed by atoms with Crippen LogP contribution in [0.4, 0.5) is 11.4 Å². The largest absolute Gasteiger partial charge is 0.494 e. The van der Waals surface area contributed by atoms with E-state index in [4.69, 9.17) is 4.74 Å². The molecule has 0 saturated heterocycles. The van der Waals surface area contributed by atoms with Crippen LogP contribution in [0, 0.1) is 0 Å². The molecule has 0 saturated carbocycles. The first-order chi connectivity index (χ1) is 11.6. The van der Waals surface area contributed by atoms with Crippen LogP contribution in [0.15, 0.2) is 48.5 Å². The van der Waals surface area contributed by atoms with Crippen LogP contribution < -0.4 is 15.4 Å². The highest BCUT2D eigenvalue weighted by molar-refractivity contribution is 6.04. The summed E-state index contributed by atoms with van der Waals surface area (Å²) in [5, 5.41) is 5.51. The van der Waals surface area contributed by atoms with Crippen molar-refractivity contribution >= 4 is 23.2 Å². The van der Waals surface area contributed by atoms with Gasteiger partial charge in [0.05, 0.1) is 6.61 Å². The Kier molecular flexibility index (Phi) is 6.37. The van der Waals surface area contributed by atoms with E-state index in [0.29, 0.717) is 29.3 Å². The van der Waals surface area contributed by atoms with E-state index in [9.17, 15) is 9.59 Å². The first-order valence-corrected chi connectivity index (χ1v) is 8.00. The molecule has 2 rings (SSSR count). The quantitative estimate of drug-likeness (QED) is 0.754. The van der Waals surface area contributed by atoms with E-state index >= 15 is 0 Å².